The van der Waals surface area contributed by atoms with Gasteiger partial charge in [-0.3, -0.25) is 0 Å². The first-order valence-corrected chi connectivity index (χ1v) is 9.47. The van der Waals surface area contributed by atoms with Crippen LogP contribution in [-0.2, 0) is 6.54 Å². The minimum atomic E-state index is -0.649. The SMILES string of the molecule is Cc1nc2ccccc2n1C[C@H](O)COc1ccc(-c2ccc(C#N)cc2)cc1. The molecule has 1 aromatic heterocycles. The van der Waals surface area contributed by atoms with Crippen LogP contribution in [0.3, 0.4) is 0 Å². The summed E-state index contributed by atoms with van der Waals surface area (Å²) in [7, 11) is 0. The summed E-state index contributed by atoms with van der Waals surface area (Å²) in [5.41, 5.74) is 4.66. The van der Waals surface area contributed by atoms with Gasteiger partial charge in [-0.2, -0.15) is 5.26 Å². The molecule has 0 saturated heterocycles. The van der Waals surface area contributed by atoms with E-state index in [-0.39, 0.29) is 6.61 Å². The number of hydrogen-bond acceptors (Lipinski definition) is 4. The summed E-state index contributed by atoms with van der Waals surface area (Å²) in [5, 5.41) is 19.3. The Morgan fingerprint density at radius 3 is 2.34 bits per heavy atom. The highest BCUT2D eigenvalue weighted by atomic mass is 16.5. The van der Waals surface area contributed by atoms with Crippen LogP contribution in [0.25, 0.3) is 22.2 Å². The summed E-state index contributed by atoms with van der Waals surface area (Å²) in [5.74, 6) is 1.57. The fraction of sp³-hybridized carbons (Fsp3) is 0.167. The van der Waals surface area contributed by atoms with Gasteiger partial charge in [-0.05, 0) is 54.4 Å². The number of rotatable bonds is 6. The second-order valence-electron chi connectivity index (χ2n) is 6.94. The summed E-state index contributed by atoms with van der Waals surface area (Å²) in [6.07, 6.45) is -0.649. The number of aryl methyl sites for hydroxylation is 1. The predicted octanol–water partition coefficient (Wildman–Crippen LogP) is 4.32. The van der Waals surface area contributed by atoms with Crippen LogP contribution in [0.2, 0.25) is 0 Å². The van der Waals surface area contributed by atoms with Gasteiger partial charge in [0.15, 0.2) is 0 Å². The Balaban J connectivity index is 1.38. The van der Waals surface area contributed by atoms with Crippen molar-refractivity contribution < 1.29 is 9.84 Å². The standard InChI is InChI=1S/C24H21N3O2/c1-17-26-23-4-2-3-5-24(23)27(17)15-21(28)16-29-22-12-10-20(11-13-22)19-8-6-18(14-25)7-9-19/h2-13,21,28H,15-16H2,1H3/t21-/m0/s1. The molecule has 5 nitrogen and oxygen atoms in total. The smallest absolute Gasteiger partial charge is 0.119 e. The molecule has 0 aliphatic heterocycles. The number of aliphatic hydroxyl groups excluding tert-OH is 1. The molecule has 1 N–H and O–H groups in total. The zero-order valence-corrected chi connectivity index (χ0v) is 16.1. The summed E-state index contributed by atoms with van der Waals surface area (Å²) >= 11 is 0. The Kier molecular flexibility index (Phi) is 5.28. The molecule has 0 aliphatic rings. The van der Waals surface area contributed by atoms with Gasteiger partial charge in [-0.25, -0.2) is 4.98 Å². The van der Waals surface area contributed by atoms with Crippen LogP contribution in [0.15, 0.2) is 72.8 Å². The second-order valence-corrected chi connectivity index (χ2v) is 6.94. The van der Waals surface area contributed by atoms with Gasteiger partial charge < -0.3 is 14.4 Å². The van der Waals surface area contributed by atoms with Crippen molar-refractivity contribution in [3.8, 4) is 22.9 Å². The fourth-order valence-electron chi connectivity index (χ4n) is 3.36. The molecule has 4 rings (SSSR count). The summed E-state index contributed by atoms with van der Waals surface area (Å²) in [6.45, 7) is 2.56. The Morgan fingerprint density at radius 1 is 1.00 bits per heavy atom. The number of ether oxygens (including phenoxy) is 1. The van der Waals surface area contributed by atoms with Crippen LogP contribution < -0.4 is 4.74 Å². The summed E-state index contributed by atoms with van der Waals surface area (Å²) < 4.78 is 7.78. The number of aromatic nitrogens is 2. The highest BCUT2D eigenvalue weighted by molar-refractivity contribution is 5.75. The van der Waals surface area contributed by atoms with Crippen molar-refractivity contribution in [2.75, 3.05) is 6.61 Å². The zero-order chi connectivity index (χ0) is 20.2. The molecule has 0 aliphatic carbocycles. The lowest BCUT2D eigenvalue weighted by molar-refractivity contribution is 0.0929. The molecule has 1 heterocycles. The van der Waals surface area contributed by atoms with Gasteiger partial charge in [-0.1, -0.05) is 36.4 Å². The minimum absolute atomic E-state index is 0.197. The molecule has 3 aromatic carbocycles. The van der Waals surface area contributed by atoms with Crippen LogP contribution in [-0.4, -0.2) is 27.4 Å². The highest BCUT2D eigenvalue weighted by Gasteiger charge is 2.12. The normalized spacial score (nSPS) is 11.9. The van der Waals surface area contributed by atoms with Gasteiger partial charge in [0, 0.05) is 0 Å². The number of fused-ring (bicyclic) bond motifs is 1. The van der Waals surface area contributed by atoms with E-state index in [1.54, 1.807) is 12.1 Å². The van der Waals surface area contributed by atoms with E-state index in [1.165, 1.54) is 0 Å². The van der Waals surface area contributed by atoms with Crippen molar-refractivity contribution in [2.24, 2.45) is 0 Å². The molecule has 0 radical (unpaired) electrons. The van der Waals surface area contributed by atoms with Crippen molar-refractivity contribution in [3.63, 3.8) is 0 Å². The van der Waals surface area contributed by atoms with E-state index < -0.39 is 6.10 Å². The molecule has 5 heteroatoms. The van der Waals surface area contributed by atoms with Gasteiger partial charge in [0.05, 0.1) is 29.2 Å². The average Bonchev–Trinajstić information content (AvgIpc) is 3.08. The number of benzene rings is 3. The number of imidazole rings is 1. The molecule has 0 spiro atoms. The van der Waals surface area contributed by atoms with Crippen LogP contribution in [0, 0.1) is 18.3 Å². The number of para-hydroxylation sites is 2. The molecule has 29 heavy (non-hydrogen) atoms. The second kappa shape index (κ2) is 8.17. The summed E-state index contributed by atoms with van der Waals surface area (Å²) in [6, 6.07) is 25.2. The van der Waals surface area contributed by atoms with E-state index >= 15 is 0 Å². The van der Waals surface area contributed by atoms with Crippen LogP contribution in [0.5, 0.6) is 5.75 Å². The van der Waals surface area contributed by atoms with Crippen molar-refractivity contribution >= 4 is 11.0 Å². The van der Waals surface area contributed by atoms with Gasteiger partial charge in [0.25, 0.3) is 0 Å². The van der Waals surface area contributed by atoms with Crippen LogP contribution in [0.4, 0.5) is 0 Å². The first kappa shape index (κ1) is 18.7. The van der Waals surface area contributed by atoms with Crippen molar-refractivity contribution in [1.29, 1.82) is 5.26 Å². The maximum Gasteiger partial charge on any atom is 0.119 e. The maximum absolute atomic E-state index is 10.4. The van der Waals surface area contributed by atoms with E-state index in [0.717, 1.165) is 28.0 Å². The molecule has 0 unspecified atom stereocenters. The third-order valence-corrected chi connectivity index (χ3v) is 4.88. The molecule has 0 bridgehead atoms. The van der Waals surface area contributed by atoms with E-state index in [4.69, 9.17) is 10.00 Å². The van der Waals surface area contributed by atoms with Crippen molar-refractivity contribution in [1.82, 2.24) is 9.55 Å². The van der Waals surface area contributed by atoms with E-state index in [9.17, 15) is 5.11 Å². The Bertz CT molecular complexity index is 1160. The number of nitriles is 1. The molecule has 0 saturated carbocycles. The number of hydrogen-bond donors (Lipinski definition) is 1. The van der Waals surface area contributed by atoms with E-state index in [2.05, 4.69) is 11.1 Å². The zero-order valence-electron chi connectivity index (χ0n) is 16.1. The Hall–Kier alpha value is -3.62. The lowest BCUT2D eigenvalue weighted by atomic mass is 10.0. The lowest BCUT2D eigenvalue weighted by Crippen LogP contribution is -2.24. The largest absolute Gasteiger partial charge is 0.491 e. The molecule has 144 valence electrons. The number of aliphatic hydroxyl groups is 1. The summed E-state index contributed by atoms with van der Waals surface area (Å²) in [4.78, 5) is 4.53. The monoisotopic (exact) mass is 383 g/mol. The molecule has 1 atom stereocenters. The predicted molar refractivity (Wildman–Crippen MR) is 113 cm³/mol. The minimum Gasteiger partial charge on any atom is -0.491 e. The third-order valence-electron chi connectivity index (χ3n) is 4.88. The first-order valence-electron chi connectivity index (χ1n) is 9.47. The third kappa shape index (κ3) is 4.13. The first-order chi connectivity index (χ1) is 14.1. The van der Waals surface area contributed by atoms with Crippen LogP contribution in [0.1, 0.15) is 11.4 Å². The van der Waals surface area contributed by atoms with Gasteiger partial charge in [0.1, 0.15) is 24.3 Å². The maximum atomic E-state index is 10.4. The van der Waals surface area contributed by atoms with Gasteiger partial charge in [0.2, 0.25) is 0 Å². The van der Waals surface area contributed by atoms with Crippen molar-refractivity contribution in [2.45, 2.75) is 19.6 Å². The van der Waals surface area contributed by atoms with Gasteiger partial charge in [-0.15, -0.1) is 0 Å². The molecule has 0 amide bonds. The molecule has 4 aromatic rings. The van der Waals surface area contributed by atoms with E-state index in [1.807, 2.05) is 72.2 Å². The lowest BCUT2D eigenvalue weighted by Gasteiger charge is -2.15. The van der Waals surface area contributed by atoms with E-state index in [0.29, 0.717) is 17.9 Å². The topological polar surface area (TPSA) is 71.1 Å². The Morgan fingerprint density at radius 2 is 1.66 bits per heavy atom. The fourth-order valence-corrected chi connectivity index (χ4v) is 3.36. The quantitative estimate of drug-likeness (QED) is 0.538. The number of nitrogens with zero attached hydrogens (tertiary/aromatic N) is 3. The van der Waals surface area contributed by atoms with Crippen LogP contribution >= 0.6 is 0 Å². The highest BCUT2D eigenvalue weighted by Crippen LogP contribution is 2.23. The van der Waals surface area contributed by atoms with Crippen molar-refractivity contribution in [3.05, 3.63) is 84.2 Å². The molecular weight excluding hydrogens is 362 g/mol. The Labute approximate surface area is 169 Å². The molecule has 0 fully saturated rings. The van der Waals surface area contributed by atoms with Gasteiger partial charge >= 0.3 is 0 Å². The average molecular weight is 383 g/mol. The molecular formula is C24H21N3O2.